The van der Waals surface area contributed by atoms with Gasteiger partial charge in [-0.05, 0) is 12.1 Å². The zero-order chi connectivity index (χ0) is 11.4. The molecule has 1 N–H and O–H groups in total. The number of amides is 1. The first-order valence-corrected chi connectivity index (χ1v) is 5.58. The van der Waals surface area contributed by atoms with Gasteiger partial charge in [0, 0.05) is 38.8 Å². The molecule has 86 valence electrons. The van der Waals surface area contributed by atoms with E-state index in [1.165, 1.54) is 0 Å². The molecule has 0 bridgehead atoms. The molecular formula is C12H17N3O. The predicted octanol–water partition coefficient (Wildman–Crippen LogP) is 1.18. The Balaban J connectivity index is 1.84. The largest absolute Gasteiger partial charge is 0.340 e. The van der Waals surface area contributed by atoms with E-state index in [0.717, 1.165) is 31.9 Å². The Hall–Kier alpha value is -1.55. The average Bonchev–Trinajstić information content (AvgIpc) is 2.31. The Morgan fingerprint density at radius 2 is 1.75 bits per heavy atom. The summed E-state index contributed by atoms with van der Waals surface area (Å²) in [6.07, 6.45) is 0. The molecule has 16 heavy (non-hydrogen) atoms. The predicted molar refractivity (Wildman–Crippen MR) is 63.9 cm³/mol. The van der Waals surface area contributed by atoms with Crippen LogP contribution in [0, 0.1) is 0 Å². The third-order valence-corrected chi connectivity index (χ3v) is 2.79. The fraction of sp³-hybridized carbons (Fsp3) is 0.417. The molecule has 1 aromatic rings. The summed E-state index contributed by atoms with van der Waals surface area (Å²) in [5.41, 5.74) is 4.43. The second kappa shape index (κ2) is 4.99. The molecule has 4 heteroatoms. The first-order chi connectivity index (χ1) is 7.75. The van der Waals surface area contributed by atoms with Crippen molar-refractivity contribution in [3.8, 4) is 0 Å². The van der Waals surface area contributed by atoms with Crippen molar-refractivity contribution in [1.82, 2.24) is 9.91 Å². The van der Waals surface area contributed by atoms with E-state index in [2.05, 4.69) is 10.4 Å². The molecule has 1 fully saturated rings. The first kappa shape index (κ1) is 11.0. The van der Waals surface area contributed by atoms with Crippen molar-refractivity contribution in [1.29, 1.82) is 0 Å². The van der Waals surface area contributed by atoms with Crippen molar-refractivity contribution in [3.05, 3.63) is 30.3 Å². The number of hydrogen-bond acceptors (Lipinski definition) is 3. The molecule has 1 aliphatic rings. The third-order valence-electron chi connectivity index (χ3n) is 2.79. The summed E-state index contributed by atoms with van der Waals surface area (Å²) in [7, 11) is 0. The van der Waals surface area contributed by atoms with E-state index in [1.54, 1.807) is 6.92 Å². The minimum Gasteiger partial charge on any atom is -0.340 e. The number of para-hydroxylation sites is 1. The summed E-state index contributed by atoms with van der Waals surface area (Å²) < 4.78 is 0. The van der Waals surface area contributed by atoms with Crippen molar-refractivity contribution >= 4 is 11.6 Å². The van der Waals surface area contributed by atoms with Crippen LogP contribution in [0.3, 0.4) is 0 Å². The maximum Gasteiger partial charge on any atom is 0.219 e. The van der Waals surface area contributed by atoms with Crippen molar-refractivity contribution < 1.29 is 4.79 Å². The molecule has 2 rings (SSSR count). The highest BCUT2D eigenvalue weighted by Gasteiger charge is 2.17. The molecular weight excluding hydrogens is 202 g/mol. The van der Waals surface area contributed by atoms with Crippen molar-refractivity contribution in [2.24, 2.45) is 0 Å². The fourth-order valence-corrected chi connectivity index (χ4v) is 1.83. The number of anilines is 1. The van der Waals surface area contributed by atoms with Gasteiger partial charge in [0.1, 0.15) is 0 Å². The zero-order valence-corrected chi connectivity index (χ0v) is 9.52. The highest BCUT2D eigenvalue weighted by Crippen LogP contribution is 2.08. The van der Waals surface area contributed by atoms with Gasteiger partial charge in [-0.15, -0.1) is 0 Å². The maximum atomic E-state index is 11.2. The maximum absolute atomic E-state index is 11.2. The van der Waals surface area contributed by atoms with E-state index in [9.17, 15) is 4.79 Å². The minimum atomic E-state index is 0.166. The van der Waals surface area contributed by atoms with Crippen LogP contribution in [0.1, 0.15) is 6.92 Å². The Labute approximate surface area is 95.8 Å². The van der Waals surface area contributed by atoms with Crippen molar-refractivity contribution in [2.75, 3.05) is 31.6 Å². The third kappa shape index (κ3) is 2.73. The lowest BCUT2D eigenvalue weighted by atomic mass is 10.3. The van der Waals surface area contributed by atoms with E-state index in [0.29, 0.717) is 0 Å². The van der Waals surface area contributed by atoms with Crippen LogP contribution in [0.5, 0.6) is 0 Å². The van der Waals surface area contributed by atoms with Gasteiger partial charge in [0.15, 0.2) is 0 Å². The Kier molecular flexibility index (Phi) is 3.41. The summed E-state index contributed by atoms with van der Waals surface area (Å²) in [5.74, 6) is 0.166. The highest BCUT2D eigenvalue weighted by atomic mass is 16.2. The van der Waals surface area contributed by atoms with Crippen LogP contribution < -0.4 is 5.43 Å². The van der Waals surface area contributed by atoms with Crippen LogP contribution in [0.4, 0.5) is 5.69 Å². The molecule has 1 aromatic carbocycles. The summed E-state index contributed by atoms with van der Waals surface area (Å²) in [6, 6.07) is 10.1. The summed E-state index contributed by atoms with van der Waals surface area (Å²) >= 11 is 0. The minimum absolute atomic E-state index is 0.166. The standard InChI is InChI=1S/C12H17N3O/c1-11(16)14-7-9-15(10-8-14)13-12-5-3-2-4-6-12/h2-6,13H,7-10H2,1H3. The van der Waals surface area contributed by atoms with Gasteiger partial charge in [0.25, 0.3) is 0 Å². The number of nitrogens with zero attached hydrogens (tertiary/aromatic N) is 2. The number of piperazine rings is 1. The van der Waals surface area contributed by atoms with Gasteiger partial charge in [-0.25, -0.2) is 5.01 Å². The molecule has 0 spiro atoms. The van der Waals surface area contributed by atoms with E-state index in [4.69, 9.17) is 0 Å². The Morgan fingerprint density at radius 3 is 2.31 bits per heavy atom. The van der Waals surface area contributed by atoms with Crippen LogP contribution >= 0.6 is 0 Å². The highest BCUT2D eigenvalue weighted by molar-refractivity contribution is 5.73. The molecule has 0 radical (unpaired) electrons. The Morgan fingerprint density at radius 1 is 1.12 bits per heavy atom. The Bertz CT molecular complexity index is 345. The van der Waals surface area contributed by atoms with Gasteiger partial charge in [0.05, 0.1) is 0 Å². The molecule has 0 saturated carbocycles. The topological polar surface area (TPSA) is 35.6 Å². The van der Waals surface area contributed by atoms with Gasteiger partial charge in [-0.2, -0.15) is 0 Å². The van der Waals surface area contributed by atoms with Crippen LogP contribution in [0.2, 0.25) is 0 Å². The van der Waals surface area contributed by atoms with Gasteiger partial charge in [-0.3, -0.25) is 4.79 Å². The van der Waals surface area contributed by atoms with E-state index < -0.39 is 0 Å². The van der Waals surface area contributed by atoms with Gasteiger partial charge >= 0.3 is 0 Å². The lowest BCUT2D eigenvalue weighted by Gasteiger charge is -2.34. The number of carbonyl (C=O) groups excluding carboxylic acids is 1. The molecule has 0 aliphatic carbocycles. The van der Waals surface area contributed by atoms with Gasteiger partial charge < -0.3 is 10.3 Å². The average molecular weight is 219 g/mol. The molecule has 1 saturated heterocycles. The fourth-order valence-electron chi connectivity index (χ4n) is 1.83. The quantitative estimate of drug-likeness (QED) is 0.811. The second-order valence-electron chi connectivity index (χ2n) is 3.97. The number of benzene rings is 1. The molecule has 1 heterocycles. The summed E-state index contributed by atoms with van der Waals surface area (Å²) in [4.78, 5) is 13.0. The molecule has 0 aromatic heterocycles. The number of nitrogens with one attached hydrogen (secondary N) is 1. The second-order valence-corrected chi connectivity index (χ2v) is 3.97. The number of rotatable bonds is 2. The lowest BCUT2D eigenvalue weighted by molar-refractivity contribution is -0.130. The molecule has 1 amide bonds. The van der Waals surface area contributed by atoms with Crippen molar-refractivity contribution in [2.45, 2.75) is 6.92 Å². The van der Waals surface area contributed by atoms with E-state index in [-0.39, 0.29) is 5.91 Å². The smallest absolute Gasteiger partial charge is 0.219 e. The van der Waals surface area contributed by atoms with E-state index in [1.807, 2.05) is 35.2 Å². The zero-order valence-electron chi connectivity index (χ0n) is 9.52. The van der Waals surface area contributed by atoms with Gasteiger partial charge in [0.2, 0.25) is 5.91 Å². The first-order valence-electron chi connectivity index (χ1n) is 5.58. The summed E-state index contributed by atoms with van der Waals surface area (Å²) in [6.45, 7) is 4.97. The van der Waals surface area contributed by atoms with E-state index >= 15 is 0 Å². The molecule has 0 atom stereocenters. The van der Waals surface area contributed by atoms with Crippen LogP contribution in [0.25, 0.3) is 0 Å². The normalized spacial score (nSPS) is 17.2. The number of carbonyl (C=O) groups is 1. The van der Waals surface area contributed by atoms with Crippen molar-refractivity contribution in [3.63, 3.8) is 0 Å². The number of hydrazine groups is 1. The number of hydrogen-bond donors (Lipinski definition) is 1. The molecule has 4 nitrogen and oxygen atoms in total. The van der Waals surface area contributed by atoms with Crippen LogP contribution in [0.15, 0.2) is 30.3 Å². The van der Waals surface area contributed by atoms with Gasteiger partial charge in [-0.1, -0.05) is 18.2 Å². The molecule has 1 aliphatic heterocycles. The molecule has 0 unspecified atom stereocenters. The van der Waals surface area contributed by atoms with Crippen LogP contribution in [-0.4, -0.2) is 42.0 Å². The summed E-state index contributed by atoms with van der Waals surface area (Å²) in [5, 5.41) is 2.15. The lowest BCUT2D eigenvalue weighted by Crippen LogP contribution is -2.49. The SMILES string of the molecule is CC(=O)N1CCN(Nc2ccccc2)CC1. The monoisotopic (exact) mass is 219 g/mol. The van der Waals surface area contributed by atoms with Crippen LogP contribution in [-0.2, 0) is 4.79 Å².